The molecule has 1 rings (SSSR count). The minimum atomic E-state index is -5.38. The van der Waals surface area contributed by atoms with E-state index < -0.39 is 83.5 Å². The molecule has 1 fully saturated rings. The highest BCUT2D eigenvalue weighted by molar-refractivity contribution is 7.47. The van der Waals surface area contributed by atoms with Gasteiger partial charge in [0.1, 0.15) is 43.2 Å². The first-order chi connectivity index (χ1) is 25.1. The van der Waals surface area contributed by atoms with Crippen LogP contribution in [0.3, 0.4) is 0 Å². The molecule has 8 atom stereocenters. The van der Waals surface area contributed by atoms with Crippen molar-refractivity contribution in [3.8, 4) is 47.4 Å². The van der Waals surface area contributed by atoms with E-state index in [1.165, 1.54) is 44.9 Å². The van der Waals surface area contributed by atoms with Crippen molar-refractivity contribution in [3.63, 3.8) is 0 Å². The predicted octanol–water partition coefficient (Wildman–Crippen LogP) is 2.39. The second kappa shape index (κ2) is 26.9. The molecule has 0 saturated heterocycles. The summed E-state index contributed by atoms with van der Waals surface area (Å²) in [7, 11) is -10.7. The number of aliphatic hydroxyl groups excluding tert-OH is 4. The van der Waals surface area contributed by atoms with Gasteiger partial charge < -0.3 is 44.6 Å². The normalized spacial score (nSPS) is 22.5. The van der Waals surface area contributed by atoms with Crippen molar-refractivity contribution in [3.05, 3.63) is 0 Å². The molecule has 298 valence electrons. The molecule has 0 heterocycles. The topological polar surface area (TPSA) is 256 Å². The molecule has 53 heavy (non-hydrogen) atoms. The molecule has 4 unspecified atom stereocenters. The van der Waals surface area contributed by atoms with Crippen LogP contribution in [0.4, 0.5) is 0 Å². The number of carbonyl (C=O) groups is 2. The summed E-state index contributed by atoms with van der Waals surface area (Å²) in [6, 6.07) is 0. The number of rotatable bonds is 24. The summed E-state index contributed by atoms with van der Waals surface area (Å²) in [5.74, 6) is 16.9. The number of carbonyl (C=O) groups excluding carboxylic acids is 2. The van der Waals surface area contributed by atoms with Crippen molar-refractivity contribution in [1.29, 1.82) is 0 Å². The molecule has 18 heteroatoms. The number of unbranched alkanes of at least 4 members (excludes halogenated alkanes) is 12. The van der Waals surface area contributed by atoms with E-state index in [4.69, 9.17) is 28.3 Å². The van der Waals surface area contributed by atoms with Crippen LogP contribution >= 0.6 is 15.6 Å². The highest BCUT2D eigenvalue weighted by Crippen LogP contribution is 2.49. The van der Waals surface area contributed by atoms with Crippen molar-refractivity contribution >= 4 is 27.6 Å². The second-order valence-corrected chi connectivity index (χ2v) is 14.8. The molecule has 0 bridgehead atoms. The van der Waals surface area contributed by atoms with Crippen molar-refractivity contribution in [2.24, 2.45) is 0 Å². The quantitative estimate of drug-likeness (QED) is 0.0244. The van der Waals surface area contributed by atoms with Gasteiger partial charge in [0.25, 0.3) is 0 Å². The summed E-state index contributed by atoms with van der Waals surface area (Å²) in [5, 5.41) is 40.8. The molecule has 16 nitrogen and oxygen atoms in total. The highest BCUT2D eigenvalue weighted by atomic mass is 31.2. The third-order valence-electron chi connectivity index (χ3n) is 7.77. The molecule has 0 aromatic heterocycles. The third-order valence-corrected chi connectivity index (χ3v) is 9.27. The monoisotopic (exact) mass is 790 g/mol. The third kappa shape index (κ3) is 22.3. The second-order valence-electron chi connectivity index (χ2n) is 12.2. The van der Waals surface area contributed by atoms with E-state index in [1.54, 1.807) is 6.92 Å². The van der Waals surface area contributed by atoms with Gasteiger partial charge in [-0.2, -0.15) is 0 Å². The van der Waals surface area contributed by atoms with Gasteiger partial charge in [-0.1, -0.05) is 89.9 Å². The number of esters is 2. The smallest absolute Gasteiger partial charge is 0.456 e. The Morgan fingerprint density at radius 2 is 1.13 bits per heavy atom. The van der Waals surface area contributed by atoms with Gasteiger partial charge in [0.15, 0.2) is 6.10 Å². The summed E-state index contributed by atoms with van der Waals surface area (Å²) in [6.07, 6.45) is -0.866. The lowest BCUT2D eigenvalue weighted by Gasteiger charge is -2.43. The number of phosphoric acid groups is 2. The van der Waals surface area contributed by atoms with E-state index in [1.807, 2.05) is 0 Å². The van der Waals surface area contributed by atoms with Gasteiger partial charge in [0.05, 0.1) is 6.61 Å². The molecule has 0 aromatic carbocycles. The number of hydrogen-bond acceptors (Lipinski definition) is 13. The largest absolute Gasteiger partial charge is 0.472 e. The van der Waals surface area contributed by atoms with Crippen LogP contribution in [-0.4, -0.2) is 103 Å². The van der Waals surface area contributed by atoms with Gasteiger partial charge in [-0.3, -0.25) is 18.4 Å². The van der Waals surface area contributed by atoms with Gasteiger partial charge >= 0.3 is 27.6 Å². The van der Waals surface area contributed by atoms with Crippen molar-refractivity contribution in [2.75, 3.05) is 13.2 Å². The van der Waals surface area contributed by atoms with Gasteiger partial charge in [0, 0.05) is 12.3 Å². The zero-order valence-electron chi connectivity index (χ0n) is 30.1. The average Bonchev–Trinajstić information content (AvgIpc) is 3.10. The average molecular weight is 791 g/mol. The maximum absolute atomic E-state index is 12.8. The van der Waals surface area contributed by atoms with Crippen LogP contribution in [0.1, 0.15) is 104 Å². The Morgan fingerprint density at radius 1 is 0.642 bits per heavy atom. The van der Waals surface area contributed by atoms with E-state index in [-0.39, 0.29) is 6.42 Å². The fourth-order valence-corrected chi connectivity index (χ4v) is 6.61. The van der Waals surface area contributed by atoms with Gasteiger partial charge in [0.2, 0.25) is 0 Å². The fourth-order valence-electron chi connectivity index (χ4n) is 5.07. The lowest BCUT2D eigenvalue weighted by molar-refractivity contribution is -0.216. The van der Waals surface area contributed by atoms with Crippen molar-refractivity contribution < 1.29 is 76.9 Å². The van der Waals surface area contributed by atoms with Crippen LogP contribution in [0.5, 0.6) is 0 Å². The molecule has 0 spiro atoms. The van der Waals surface area contributed by atoms with Crippen LogP contribution < -0.4 is 0 Å². The molecule has 1 aliphatic rings. The van der Waals surface area contributed by atoms with Gasteiger partial charge in [-0.15, -0.1) is 0 Å². The molecule has 0 aromatic rings. The Hall–Kier alpha value is -2.76. The van der Waals surface area contributed by atoms with Gasteiger partial charge in [-0.25, -0.2) is 13.9 Å². The number of ether oxygens (including phenoxy) is 2. The van der Waals surface area contributed by atoms with Crippen LogP contribution in [0.15, 0.2) is 0 Å². The van der Waals surface area contributed by atoms with Crippen molar-refractivity contribution in [1.82, 2.24) is 0 Å². The lowest BCUT2D eigenvalue weighted by Crippen LogP contribution is -2.64. The summed E-state index contributed by atoms with van der Waals surface area (Å²) in [5.41, 5.74) is 0. The summed E-state index contributed by atoms with van der Waals surface area (Å²) in [6.45, 7) is 2.15. The zero-order valence-corrected chi connectivity index (χ0v) is 31.8. The van der Waals surface area contributed by atoms with Crippen molar-refractivity contribution in [2.45, 2.75) is 146 Å². The SMILES string of the molecule is CC#CC#CC#CC#CC(=O)OC[C@H](COP(=O)(O)OC1C(O)[C@H](O)[C@H](O)C(OP(=O)(O)O)[C@@H]1O)OC(=O)CCCCCCCCCCCCCCC. The van der Waals surface area contributed by atoms with E-state index in [2.05, 4.69) is 58.8 Å². The Morgan fingerprint density at radius 3 is 1.66 bits per heavy atom. The van der Waals surface area contributed by atoms with Crippen LogP contribution in [-0.2, 0) is 41.8 Å². The molecule has 1 saturated carbocycles. The fraction of sp³-hybridized carbons (Fsp3) is 0.714. The minimum absolute atomic E-state index is 0.0179. The van der Waals surface area contributed by atoms with E-state index >= 15 is 0 Å². The Balaban J connectivity index is 2.78. The van der Waals surface area contributed by atoms with Crippen LogP contribution in [0, 0.1) is 47.4 Å². The van der Waals surface area contributed by atoms with E-state index in [0.29, 0.717) is 6.42 Å². The summed E-state index contributed by atoms with van der Waals surface area (Å²) >= 11 is 0. The first kappa shape index (κ1) is 48.3. The molecule has 0 radical (unpaired) electrons. The molecule has 0 aliphatic heterocycles. The number of aliphatic hydroxyl groups is 4. The molecule has 7 N–H and O–H groups in total. The van der Waals surface area contributed by atoms with Crippen LogP contribution in [0.2, 0.25) is 0 Å². The lowest BCUT2D eigenvalue weighted by atomic mass is 9.85. The standard InChI is InChI=1S/C35H52O16P2/c1-3-5-7-9-11-12-13-14-15-16-18-20-22-24-29(37)49-27(25-47-28(36)23-21-19-17-10-8-6-4-2)26-48-53(45,46)51-35-32(40)30(38)31(39)34(33(35)41)50-52(42,43)44/h27,30-35,38-41H,3,5,7,9,11-16,18,20,22,24-26H2,1-2H3,(H,45,46)(H2,42,43,44)/t27-,30-,31+,32?,33+,34?,35?/m1/s1. The van der Waals surface area contributed by atoms with Gasteiger partial charge in [-0.05, 0) is 48.9 Å². The first-order valence-corrected chi connectivity index (χ1v) is 20.5. The Kier molecular flexibility index (Phi) is 24.5. The first-order valence-electron chi connectivity index (χ1n) is 17.5. The zero-order chi connectivity index (χ0) is 39.7. The van der Waals surface area contributed by atoms with E-state index in [0.717, 1.165) is 32.1 Å². The predicted molar refractivity (Wildman–Crippen MR) is 190 cm³/mol. The summed E-state index contributed by atoms with van der Waals surface area (Å²) < 4.78 is 48.3. The summed E-state index contributed by atoms with van der Waals surface area (Å²) in [4.78, 5) is 53.2. The molecular formula is C35H52O16P2. The maximum atomic E-state index is 12.8. The van der Waals surface area contributed by atoms with Crippen LogP contribution in [0.25, 0.3) is 0 Å². The Bertz CT molecular complexity index is 1470. The Labute approximate surface area is 311 Å². The highest BCUT2D eigenvalue weighted by Gasteiger charge is 2.54. The molecule has 0 amide bonds. The maximum Gasteiger partial charge on any atom is 0.472 e. The number of phosphoric ester groups is 2. The number of hydrogen-bond donors (Lipinski definition) is 7. The van der Waals surface area contributed by atoms with E-state index in [9.17, 15) is 44.0 Å². The molecule has 1 aliphatic carbocycles. The minimum Gasteiger partial charge on any atom is -0.456 e. The molecular weight excluding hydrogens is 738 g/mol.